The number of nitrogens with zero attached hydrogens (tertiary/aromatic N) is 2. The summed E-state index contributed by atoms with van der Waals surface area (Å²) in [6.45, 7) is 8.34. The molecule has 0 spiro atoms. The van der Waals surface area contributed by atoms with Gasteiger partial charge in [-0.2, -0.15) is 4.31 Å². The van der Waals surface area contributed by atoms with E-state index in [0.29, 0.717) is 24.6 Å². The highest BCUT2D eigenvalue weighted by Crippen LogP contribution is 2.25. The largest absolute Gasteiger partial charge is 0.494 e. The molecule has 1 saturated heterocycles. The van der Waals surface area contributed by atoms with E-state index in [1.54, 1.807) is 16.4 Å². The molecular formula is C20H26N2O3S. The summed E-state index contributed by atoms with van der Waals surface area (Å²) >= 11 is 0. The summed E-state index contributed by atoms with van der Waals surface area (Å²) in [5.41, 5.74) is 2.02. The van der Waals surface area contributed by atoms with Crippen molar-refractivity contribution in [2.24, 2.45) is 0 Å². The summed E-state index contributed by atoms with van der Waals surface area (Å²) in [7, 11) is -3.42. The van der Waals surface area contributed by atoms with Gasteiger partial charge in [-0.3, -0.25) is 0 Å². The molecule has 1 aliphatic heterocycles. The zero-order chi connectivity index (χ0) is 18.6. The highest BCUT2D eigenvalue weighted by atomic mass is 32.2. The fraction of sp³-hybridized carbons (Fsp3) is 0.400. The highest BCUT2D eigenvalue weighted by molar-refractivity contribution is 7.89. The van der Waals surface area contributed by atoms with Crippen molar-refractivity contribution in [1.82, 2.24) is 9.21 Å². The maximum Gasteiger partial charge on any atom is 0.243 e. The van der Waals surface area contributed by atoms with Crippen molar-refractivity contribution in [2.75, 3.05) is 39.3 Å². The van der Waals surface area contributed by atoms with Gasteiger partial charge in [0.15, 0.2) is 0 Å². The Morgan fingerprint density at radius 3 is 1.88 bits per heavy atom. The molecule has 1 aliphatic rings. The molecule has 3 rings (SSSR count). The third-order valence-corrected chi connectivity index (χ3v) is 6.68. The van der Waals surface area contributed by atoms with Gasteiger partial charge in [-0.25, -0.2) is 8.42 Å². The molecule has 0 atom stereocenters. The number of rotatable bonds is 6. The topological polar surface area (TPSA) is 49.9 Å². The van der Waals surface area contributed by atoms with Crippen LogP contribution < -0.4 is 4.74 Å². The lowest BCUT2D eigenvalue weighted by molar-refractivity contribution is 0.196. The van der Waals surface area contributed by atoms with E-state index in [9.17, 15) is 8.42 Å². The van der Waals surface area contributed by atoms with E-state index >= 15 is 0 Å². The van der Waals surface area contributed by atoms with E-state index < -0.39 is 10.0 Å². The van der Waals surface area contributed by atoms with Gasteiger partial charge in [0.2, 0.25) is 10.0 Å². The van der Waals surface area contributed by atoms with Gasteiger partial charge in [-0.05, 0) is 48.9 Å². The third kappa shape index (κ3) is 4.09. The molecule has 0 N–H and O–H groups in total. The summed E-state index contributed by atoms with van der Waals surface area (Å²) < 4.78 is 32.7. The minimum Gasteiger partial charge on any atom is -0.494 e. The van der Waals surface area contributed by atoms with Crippen LogP contribution in [0.5, 0.6) is 5.75 Å². The maximum absolute atomic E-state index is 12.8. The number of likely N-dealkylation sites (N-methyl/N-ethyl adjacent to an activating group) is 1. The maximum atomic E-state index is 12.8. The summed E-state index contributed by atoms with van der Waals surface area (Å²) in [4.78, 5) is 2.62. The molecule has 140 valence electrons. The predicted molar refractivity (Wildman–Crippen MR) is 104 cm³/mol. The second kappa shape index (κ2) is 8.20. The number of sulfonamides is 1. The van der Waals surface area contributed by atoms with E-state index in [2.05, 4.69) is 11.8 Å². The number of hydrogen-bond acceptors (Lipinski definition) is 4. The van der Waals surface area contributed by atoms with Crippen molar-refractivity contribution in [2.45, 2.75) is 18.7 Å². The third-order valence-electron chi connectivity index (χ3n) is 4.77. The quantitative estimate of drug-likeness (QED) is 0.780. The average molecular weight is 375 g/mol. The number of benzene rings is 2. The molecule has 2 aromatic rings. The molecule has 0 radical (unpaired) electrons. The monoisotopic (exact) mass is 374 g/mol. The molecule has 0 amide bonds. The fourth-order valence-corrected chi connectivity index (χ4v) is 4.59. The zero-order valence-electron chi connectivity index (χ0n) is 15.4. The molecule has 0 aliphatic carbocycles. The van der Waals surface area contributed by atoms with E-state index in [0.717, 1.165) is 36.5 Å². The Labute approximate surface area is 156 Å². The standard InChI is InChI=1S/C20H26N2O3S/c1-3-21-13-15-22(16-14-21)26(23,24)20-11-7-18(8-12-20)17-5-9-19(10-6-17)25-4-2/h5-12H,3-4,13-16H2,1-2H3. The lowest BCUT2D eigenvalue weighted by Gasteiger charge is -2.33. The molecule has 0 unspecified atom stereocenters. The SMILES string of the molecule is CCOc1ccc(-c2ccc(S(=O)(=O)N3CCN(CC)CC3)cc2)cc1. The van der Waals surface area contributed by atoms with E-state index in [4.69, 9.17) is 4.74 Å². The second-order valence-corrected chi connectivity index (χ2v) is 8.26. The average Bonchev–Trinajstić information content (AvgIpc) is 2.69. The molecule has 0 saturated carbocycles. The van der Waals surface area contributed by atoms with Gasteiger partial charge in [-0.15, -0.1) is 0 Å². The lowest BCUT2D eigenvalue weighted by atomic mass is 10.1. The Kier molecular flexibility index (Phi) is 5.96. The molecule has 26 heavy (non-hydrogen) atoms. The molecule has 6 heteroatoms. The fourth-order valence-electron chi connectivity index (χ4n) is 3.16. The van der Waals surface area contributed by atoms with Crippen molar-refractivity contribution >= 4 is 10.0 Å². The summed E-state index contributed by atoms with van der Waals surface area (Å²) in [6, 6.07) is 15.0. The Balaban J connectivity index is 1.74. The molecule has 0 aromatic heterocycles. The predicted octanol–water partition coefficient (Wildman–Crippen LogP) is 3.08. The van der Waals surface area contributed by atoms with Crippen LogP contribution in [0.25, 0.3) is 11.1 Å². The van der Waals surface area contributed by atoms with Crippen LogP contribution in [0.15, 0.2) is 53.4 Å². The van der Waals surface area contributed by atoms with Crippen molar-refractivity contribution in [1.29, 1.82) is 0 Å². The molecule has 2 aromatic carbocycles. The van der Waals surface area contributed by atoms with Crippen LogP contribution in [-0.2, 0) is 10.0 Å². The van der Waals surface area contributed by atoms with Gasteiger partial charge in [0.1, 0.15) is 5.75 Å². The molecule has 0 bridgehead atoms. The zero-order valence-corrected chi connectivity index (χ0v) is 16.2. The van der Waals surface area contributed by atoms with Crippen LogP contribution in [0.2, 0.25) is 0 Å². The number of piperazine rings is 1. The van der Waals surface area contributed by atoms with Crippen LogP contribution in [0, 0.1) is 0 Å². The first-order valence-corrected chi connectivity index (χ1v) is 10.5. The van der Waals surface area contributed by atoms with Crippen LogP contribution in [0.4, 0.5) is 0 Å². The van der Waals surface area contributed by atoms with Crippen LogP contribution in [0.1, 0.15) is 13.8 Å². The minimum absolute atomic E-state index is 0.358. The number of hydrogen-bond donors (Lipinski definition) is 0. The molecule has 1 heterocycles. The first-order chi connectivity index (χ1) is 12.5. The molecular weight excluding hydrogens is 348 g/mol. The van der Waals surface area contributed by atoms with E-state index in [1.807, 2.05) is 43.3 Å². The van der Waals surface area contributed by atoms with E-state index in [1.165, 1.54) is 0 Å². The van der Waals surface area contributed by atoms with Crippen LogP contribution in [0.3, 0.4) is 0 Å². The smallest absolute Gasteiger partial charge is 0.243 e. The first kappa shape index (κ1) is 18.9. The van der Waals surface area contributed by atoms with Crippen molar-refractivity contribution in [3.8, 4) is 16.9 Å². The highest BCUT2D eigenvalue weighted by Gasteiger charge is 2.27. The van der Waals surface area contributed by atoms with Gasteiger partial charge < -0.3 is 9.64 Å². The lowest BCUT2D eigenvalue weighted by Crippen LogP contribution is -2.48. The first-order valence-electron chi connectivity index (χ1n) is 9.10. The molecule has 5 nitrogen and oxygen atoms in total. The van der Waals surface area contributed by atoms with Crippen molar-refractivity contribution in [3.63, 3.8) is 0 Å². The number of ether oxygens (including phenoxy) is 1. The second-order valence-electron chi connectivity index (χ2n) is 6.32. The Morgan fingerprint density at radius 1 is 0.846 bits per heavy atom. The van der Waals surface area contributed by atoms with Crippen molar-refractivity contribution < 1.29 is 13.2 Å². The van der Waals surface area contributed by atoms with Crippen molar-refractivity contribution in [3.05, 3.63) is 48.5 Å². The summed E-state index contributed by atoms with van der Waals surface area (Å²) in [5, 5.41) is 0. The van der Waals surface area contributed by atoms with Gasteiger partial charge in [0.25, 0.3) is 0 Å². The summed E-state index contributed by atoms with van der Waals surface area (Å²) in [6.07, 6.45) is 0. The van der Waals surface area contributed by atoms with Gasteiger partial charge >= 0.3 is 0 Å². The van der Waals surface area contributed by atoms with Crippen LogP contribution in [-0.4, -0.2) is 57.0 Å². The van der Waals surface area contributed by atoms with Gasteiger partial charge in [0, 0.05) is 26.2 Å². The summed E-state index contributed by atoms with van der Waals surface area (Å²) in [5.74, 6) is 0.835. The Hall–Kier alpha value is -1.89. The minimum atomic E-state index is -3.42. The van der Waals surface area contributed by atoms with Gasteiger partial charge in [0.05, 0.1) is 11.5 Å². The van der Waals surface area contributed by atoms with Gasteiger partial charge in [-0.1, -0.05) is 31.2 Å². The Bertz CT molecular complexity index is 809. The van der Waals surface area contributed by atoms with Crippen LogP contribution >= 0.6 is 0 Å². The normalized spacial score (nSPS) is 16.5. The molecule has 1 fully saturated rings. The van der Waals surface area contributed by atoms with E-state index in [-0.39, 0.29) is 0 Å². The Morgan fingerprint density at radius 2 is 1.38 bits per heavy atom.